The van der Waals surface area contributed by atoms with Gasteiger partial charge < -0.3 is 0 Å². The second-order valence-corrected chi connectivity index (χ2v) is 6.64. The molecule has 16 heavy (non-hydrogen) atoms. The SMILES string of the molecule is C=C(CC(C)C)C(C)C(P)C(C)C(C)CC. The lowest BCUT2D eigenvalue weighted by molar-refractivity contribution is 0.329. The van der Waals surface area contributed by atoms with Crippen molar-refractivity contribution in [2.45, 2.75) is 60.0 Å². The van der Waals surface area contributed by atoms with Gasteiger partial charge in [0, 0.05) is 0 Å². The van der Waals surface area contributed by atoms with E-state index in [2.05, 4.69) is 57.4 Å². The molecular formula is C15H31P. The van der Waals surface area contributed by atoms with Crippen LogP contribution in [0.5, 0.6) is 0 Å². The van der Waals surface area contributed by atoms with Crippen molar-refractivity contribution in [3.8, 4) is 0 Å². The van der Waals surface area contributed by atoms with Crippen LogP contribution in [0.1, 0.15) is 54.4 Å². The van der Waals surface area contributed by atoms with Crippen molar-refractivity contribution in [3.05, 3.63) is 12.2 Å². The molecule has 0 aliphatic carbocycles. The van der Waals surface area contributed by atoms with Gasteiger partial charge in [0.2, 0.25) is 0 Å². The second kappa shape index (κ2) is 7.49. The standard InChI is InChI=1S/C15H31P/c1-8-11(4)13(6)15(16)14(7)12(5)9-10(2)3/h10-11,13-15H,5,8-9,16H2,1-4,6-7H3. The van der Waals surface area contributed by atoms with Gasteiger partial charge in [-0.3, -0.25) is 0 Å². The van der Waals surface area contributed by atoms with Crippen molar-refractivity contribution in [1.29, 1.82) is 0 Å². The zero-order chi connectivity index (χ0) is 12.9. The molecule has 0 spiro atoms. The summed E-state index contributed by atoms with van der Waals surface area (Å²) in [5, 5.41) is 0. The van der Waals surface area contributed by atoms with Gasteiger partial charge in [0.15, 0.2) is 0 Å². The van der Waals surface area contributed by atoms with E-state index >= 15 is 0 Å². The highest BCUT2D eigenvalue weighted by atomic mass is 31.0. The van der Waals surface area contributed by atoms with Gasteiger partial charge >= 0.3 is 0 Å². The summed E-state index contributed by atoms with van der Waals surface area (Å²) in [7, 11) is 3.06. The van der Waals surface area contributed by atoms with Crippen LogP contribution < -0.4 is 0 Å². The van der Waals surface area contributed by atoms with E-state index in [1.165, 1.54) is 18.4 Å². The first-order valence-corrected chi connectivity index (χ1v) is 7.41. The monoisotopic (exact) mass is 242 g/mol. The average Bonchev–Trinajstić information content (AvgIpc) is 2.23. The Kier molecular flexibility index (Phi) is 7.57. The minimum absolute atomic E-state index is 0.622. The third-order valence-electron chi connectivity index (χ3n) is 4.04. The van der Waals surface area contributed by atoms with Crippen molar-refractivity contribution in [3.63, 3.8) is 0 Å². The summed E-state index contributed by atoms with van der Waals surface area (Å²) in [5.74, 6) is 2.91. The van der Waals surface area contributed by atoms with E-state index in [0.717, 1.165) is 17.8 Å². The predicted octanol–water partition coefficient (Wildman–Crippen LogP) is 5.15. The molecule has 0 aromatic rings. The molecule has 0 aromatic heterocycles. The van der Waals surface area contributed by atoms with Crippen LogP contribution in [0, 0.1) is 23.7 Å². The fourth-order valence-electron chi connectivity index (χ4n) is 2.19. The van der Waals surface area contributed by atoms with Gasteiger partial charge in [-0.05, 0) is 35.8 Å². The smallest absolute Gasteiger partial charge is 0.0169 e. The van der Waals surface area contributed by atoms with E-state index in [1.54, 1.807) is 0 Å². The fourth-order valence-corrected chi connectivity index (χ4v) is 2.84. The Morgan fingerprint density at radius 2 is 1.62 bits per heavy atom. The number of hydrogen-bond donors (Lipinski definition) is 0. The summed E-state index contributed by atoms with van der Waals surface area (Å²) in [4.78, 5) is 0. The number of allylic oxidation sites excluding steroid dienone is 1. The van der Waals surface area contributed by atoms with E-state index in [4.69, 9.17) is 0 Å². The van der Waals surface area contributed by atoms with Crippen LogP contribution >= 0.6 is 9.24 Å². The van der Waals surface area contributed by atoms with E-state index < -0.39 is 0 Å². The van der Waals surface area contributed by atoms with Gasteiger partial charge in [0.1, 0.15) is 0 Å². The summed E-state index contributed by atoms with van der Waals surface area (Å²) < 4.78 is 0. The highest BCUT2D eigenvalue weighted by molar-refractivity contribution is 7.17. The Morgan fingerprint density at radius 1 is 1.12 bits per heavy atom. The zero-order valence-corrected chi connectivity index (χ0v) is 13.2. The molecule has 0 saturated carbocycles. The Hall–Kier alpha value is 0.170. The first-order chi connectivity index (χ1) is 7.31. The van der Waals surface area contributed by atoms with Crippen LogP contribution in [0.15, 0.2) is 12.2 Å². The van der Waals surface area contributed by atoms with Gasteiger partial charge in [0.25, 0.3) is 0 Å². The topological polar surface area (TPSA) is 0 Å². The van der Waals surface area contributed by atoms with Gasteiger partial charge in [-0.25, -0.2) is 0 Å². The quantitative estimate of drug-likeness (QED) is 0.428. The van der Waals surface area contributed by atoms with Crippen molar-refractivity contribution in [2.75, 3.05) is 0 Å². The third kappa shape index (κ3) is 5.00. The summed E-state index contributed by atoms with van der Waals surface area (Å²) in [6, 6.07) is 0. The maximum absolute atomic E-state index is 4.27. The van der Waals surface area contributed by atoms with Gasteiger partial charge in [-0.15, -0.1) is 9.24 Å². The lowest BCUT2D eigenvalue weighted by atomic mass is 9.81. The van der Waals surface area contributed by atoms with Crippen LogP contribution in [-0.4, -0.2) is 5.66 Å². The van der Waals surface area contributed by atoms with Crippen LogP contribution in [0.2, 0.25) is 0 Å². The highest BCUT2D eigenvalue weighted by Gasteiger charge is 2.24. The molecule has 0 N–H and O–H groups in total. The highest BCUT2D eigenvalue weighted by Crippen LogP contribution is 2.33. The molecule has 0 aliphatic rings. The summed E-state index contributed by atoms with van der Waals surface area (Å²) in [6.45, 7) is 18.2. The summed E-state index contributed by atoms with van der Waals surface area (Å²) >= 11 is 0. The van der Waals surface area contributed by atoms with E-state index in [1.807, 2.05) is 0 Å². The van der Waals surface area contributed by atoms with Gasteiger partial charge in [-0.1, -0.05) is 60.1 Å². The average molecular weight is 242 g/mol. The predicted molar refractivity (Wildman–Crippen MR) is 79.9 cm³/mol. The normalized spacial score (nSPS) is 19.2. The lowest BCUT2D eigenvalue weighted by Crippen LogP contribution is -2.26. The van der Waals surface area contributed by atoms with E-state index in [-0.39, 0.29) is 0 Å². The molecule has 0 saturated heterocycles. The molecule has 0 radical (unpaired) electrons. The van der Waals surface area contributed by atoms with Gasteiger partial charge in [0.05, 0.1) is 0 Å². The summed E-state index contributed by atoms with van der Waals surface area (Å²) in [6.07, 6.45) is 2.44. The molecule has 5 atom stereocenters. The van der Waals surface area contributed by atoms with E-state index in [9.17, 15) is 0 Å². The van der Waals surface area contributed by atoms with Crippen LogP contribution in [0.25, 0.3) is 0 Å². The van der Waals surface area contributed by atoms with Crippen molar-refractivity contribution < 1.29 is 0 Å². The Labute approximate surface area is 105 Å². The van der Waals surface area contributed by atoms with Crippen molar-refractivity contribution in [2.24, 2.45) is 23.7 Å². The number of hydrogen-bond acceptors (Lipinski definition) is 0. The van der Waals surface area contributed by atoms with E-state index in [0.29, 0.717) is 11.6 Å². The van der Waals surface area contributed by atoms with Gasteiger partial charge in [-0.2, -0.15) is 0 Å². The largest absolute Gasteiger partial charge is 0.134 e. The van der Waals surface area contributed by atoms with Crippen LogP contribution in [0.4, 0.5) is 0 Å². The third-order valence-corrected chi connectivity index (χ3v) is 5.22. The molecule has 0 nitrogen and oxygen atoms in total. The Bertz CT molecular complexity index is 207. The maximum atomic E-state index is 4.27. The van der Waals surface area contributed by atoms with Crippen LogP contribution in [0.3, 0.4) is 0 Å². The molecule has 0 amide bonds. The minimum atomic E-state index is 0.622. The molecule has 1 heteroatoms. The molecule has 0 aromatic carbocycles. The maximum Gasteiger partial charge on any atom is -0.0169 e. The molecule has 96 valence electrons. The second-order valence-electron chi connectivity index (χ2n) is 5.87. The van der Waals surface area contributed by atoms with Crippen molar-refractivity contribution >= 4 is 9.24 Å². The van der Waals surface area contributed by atoms with Crippen LogP contribution in [-0.2, 0) is 0 Å². The molecule has 0 bridgehead atoms. The summed E-state index contributed by atoms with van der Waals surface area (Å²) in [5.41, 5.74) is 2.09. The molecule has 0 fully saturated rings. The Balaban J connectivity index is 4.36. The first kappa shape index (κ1) is 16.2. The minimum Gasteiger partial charge on any atom is -0.134 e. The fraction of sp³-hybridized carbons (Fsp3) is 0.867. The lowest BCUT2D eigenvalue weighted by Gasteiger charge is -2.31. The Morgan fingerprint density at radius 3 is 2.00 bits per heavy atom. The number of rotatable bonds is 7. The molecule has 0 heterocycles. The molecule has 5 unspecified atom stereocenters. The first-order valence-electron chi connectivity index (χ1n) is 6.74. The molecular weight excluding hydrogens is 211 g/mol. The molecule has 0 rings (SSSR count). The molecule has 0 aliphatic heterocycles. The van der Waals surface area contributed by atoms with Crippen molar-refractivity contribution in [1.82, 2.24) is 0 Å². The zero-order valence-electron chi connectivity index (χ0n) is 12.1.